The largest absolute Gasteiger partial charge is 0.491 e. The fourth-order valence-corrected chi connectivity index (χ4v) is 2.36. The average Bonchev–Trinajstić information content (AvgIpc) is 2.48. The van der Waals surface area contributed by atoms with Crippen LogP contribution in [0.3, 0.4) is 0 Å². The summed E-state index contributed by atoms with van der Waals surface area (Å²) in [6.45, 7) is 6.55. The zero-order valence-electron chi connectivity index (χ0n) is 14.9. The van der Waals surface area contributed by atoms with Crippen molar-refractivity contribution in [2.75, 3.05) is 20.1 Å². The molecule has 0 unspecified atom stereocenters. The highest BCUT2D eigenvalue weighted by molar-refractivity contribution is 5.80. The van der Waals surface area contributed by atoms with E-state index in [0.717, 1.165) is 12.8 Å². The Bertz CT molecular complexity index is 528. The van der Waals surface area contributed by atoms with Crippen molar-refractivity contribution in [3.8, 4) is 5.75 Å². The van der Waals surface area contributed by atoms with Gasteiger partial charge < -0.3 is 15.2 Å². The fourth-order valence-electron chi connectivity index (χ4n) is 2.36. The van der Waals surface area contributed by atoms with Crippen LogP contribution in [0.25, 0.3) is 0 Å². The number of nitrogens with zero attached hydrogens (tertiary/aromatic N) is 1. The van der Waals surface area contributed by atoms with Crippen molar-refractivity contribution in [2.45, 2.75) is 45.8 Å². The van der Waals surface area contributed by atoms with Gasteiger partial charge in [0.2, 0.25) is 5.91 Å². The zero-order chi connectivity index (χ0) is 18.1. The maximum absolute atomic E-state index is 11.9. The van der Waals surface area contributed by atoms with E-state index in [1.165, 1.54) is 4.90 Å². The predicted molar refractivity (Wildman–Crippen MR) is 93.1 cm³/mol. The second kappa shape index (κ2) is 9.93. The topological polar surface area (TPSA) is 78.9 Å². The Morgan fingerprint density at radius 1 is 1.25 bits per heavy atom. The first-order valence-corrected chi connectivity index (χ1v) is 8.31. The number of amides is 1. The summed E-state index contributed by atoms with van der Waals surface area (Å²) in [7, 11) is 1.64. The Morgan fingerprint density at radius 3 is 2.38 bits per heavy atom. The maximum atomic E-state index is 11.9. The van der Waals surface area contributed by atoms with Crippen molar-refractivity contribution in [2.24, 2.45) is 0 Å². The average molecular weight is 336 g/mol. The van der Waals surface area contributed by atoms with Gasteiger partial charge in [-0.3, -0.25) is 14.5 Å². The fraction of sp³-hybridized carbons (Fsp3) is 0.556. The van der Waals surface area contributed by atoms with Crippen LogP contribution < -0.4 is 10.1 Å². The van der Waals surface area contributed by atoms with E-state index in [4.69, 9.17) is 4.74 Å². The van der Waals surface area contributed by atoms with Crippen LogP contribution in [-0.4, -0.2) is 48.1 Å². The third-order valence-electron chi connectivity index (χ3n) is 3.49. The molecule has 0 radical (unpaired) electrons. The van der Waals surface area contributed by atoms with Crippen LogP contribution in [0.2, 0.25) is 0 Å². The van der Waals surface area contributed by atoms with Crippen molar-refractivity contribution in [1.82, 2.24) is 10.2 Å². The van der Waals surface area contributed by atoms with Gasteiger partial charge in [-0.15, -0.1) is 0 Å². The molecule has 0 spiro atoms. The lowest BCUT2D eigenvalue weighted by molar-refractivity contribution is -0.143. The Morgan fingerprint density at radius 2 is 1.88 bits per heavy atom. The molecule has 0 saturated carbocycles. The highest BCUT2D eigenvalue weighted by Crippen LogP contribution is 2.23. The summed E-state index contributed by atoms with van der Waals surface area (Å²) >= 11 is 0. The molecule has 1 atom stereocenters. The first kappa shape index (κ1) is 20.0. The van der Waals surface area contributed by atoms with Gasteiger partial charge in [-0.25, -0.2) is 0 Å². The lowest BCUT2D eigenvalue weighted by Crippen LogP contribution is -2.39. The number of nitrogens with one attached hydrogen (secondary N) is 1. The Hall–Kier alpha value is -2.08. The van der Waals surface area contributed by atoms with Crippen LogP contribution in [0.1, 0.15) is 45.2 Å². The first-order valence-electron chi connectivity index (χ1n) is 8.31. The van der Waals surface area contributed by atoms with E-state index in [-0.39, 0.29) is 18.6 Å². The second-order valence-electron chi connectivity index (χ2n) is 6.10. The normalized spacial score (nSPS) is 12.2. The molecule has 6 nitrogen and oxygen atoms in total. The summed E-state index contributed by atoms with van der Waals surface area (Å²) in [5.74, 6) is -0.466. The van der Waals surface area contributed by atoms with Gasteiger partial charge in [-0.1, -0.05) is 25.5 Å². The molecule has 0 aromatic heterocycles. The predicted octanol–water partition coefficient (Wildman–Crippen LogP) is 2.45. The molecule has 1 aromatic carbocycles. The zero-order valence-corrected chi connectivity index (χ0v) is 14.9. The number of ether oxygens (including phenoxy) is 1. The van der Waals surface area contributed by atoms with Gasteiger partial charge in [0.05, 0.1) is 12.6 Å². The van der Waals surface area contributed by atoms with Crippen LogP contribution in [0, 0.1) is 0 Å². The number of likely N-dealkylation sites (N-methyl/N-ethyl adjacent to an activating group) is 1. The van der Waals surface area contributed by atoms with E-state index in [9.17, 15) is 14.7 Å². The monoisotopic (exact) mass is 336 g/mol. The summed E-state index contributed by atoms with van der Waals surface area (Å²) in [6.07, 6.45) is 1.97. The lowest BCUT2D eigenvalue weighted by Gasteiger charge is -2.24. The van der Waals surface area contributed by atoms with Crippen molar-refractivity contribution in [3.63, 3.8) is 0 Å². The van der Waals surface area contributed by atoms with E-state index in [2.05, 4.69) is 5.32 Å². The minimum absolute atomic E-state index is 0.0327. The van der Waals surface area contributed by atoms with Crippen molar-refractivity contribution < 1.29 is 19.4 Å². The lowest BCUT2D eigenvalue weighted by atomic mass is 10.1. The number of aliphatic carboxylic acids is 1. The molecular formula is C18H28N2O4. The molecule has 0 fully saturated rings. The number of rotatable bonds is 10. The Balaban J connectivity index is 2.75. The molecule has 24 heavy (non-hydrogen) atoms. The maximum Gasteiger partial charge on any atom is 0.325 e. The van der Waals surface area contributed by atoms with Crippen LogP contribution >= 0.6 is 0 Å². The van der Waals surface area contributed by atoms with Crippen molar-refractivity contribution >= 4 is 11.9 Å². The van der Waals surface area contributed by atoms with E-state index in [0.29, 0.717) is 17.9 Å². The molecule has 0 bridgehead atoms. The third kappa shape index (κ3) is 6.58. The molecule has 6 heteroatoms. The van der Waals surface area contributed by atoms with Gasteiger partial charge in [0, 0.05) is 6.54 Å². The van der Waals surface area contributed by atoms with Gasteiger partial charge in [-0.05, 0) is 45.0 Å². The van der Waals surface area contributed by atoms with Crippen molar-refractivity contribution in [3.05, 3.63) is 29.8 Å². The number of hydrogen-bond donors (Lipinski definition) is 2. The minimum atomic E-state index is -0.989. The summed E-state index contributed by atoms with van der Waals surface area (Å²) < 4.78 is 5.56. The molecule has 1 rings (SSSR count). The number of carbonyl (C=O) groups excluding carboxylic acids is 1. The molecule has 2 N–H and O–H groups in total. The molecule has 1 amide bonds. The van der Waals surface area contributed by atoms with Crippen molar-refractivity contribution in [1.29, 1.82) is 0 Å². The van der Waals surface area contributed by atoms with Crippen LogP contribution in [0.15, 0.2) is 24.3 Å². The quantitative estimate of drug-likeness (QED) is 0.642. The summed E-state index contributed by atoms with van der Waals surface area (Å²) in [6, 6.07) is 6.07. The Labute approximate surface area is 143 Å². The highest BCUT2D eigenvalue weighted by Gasteiger charge is 2.26. The number of unbranched alkanes of at least 4 members (excludes halogenated alkanes) is 1. The minimum Gasteiger partial charge on any atom is -0.491 e. The molecule has 0 aliphatic carbocycles. The number of carbonyl (C=O) groups is 2. The summed E-state index contributed by atoms with van der Waals surface area (Å²) in [4.78, 5) is 25.1. The standard InChI is InChI=1S/C18H28N2O4/c1-5-6-11-19-16(21)12-20(4)17(18(22)23)14-7-9-15(10-8-14)24-13(2)3/h7-10,13,17H,5-6,11-12H2,1-4H3,(H,19,21)(H,22,23)/t17-/m0/s1. The number of benzene rings is 1. The third-order valence-corrected chi connectivity index (χ3v) is 3.49. The number of hydrogen-bond acceptors (Lipinski definition) is 4. The van der Waals surface area contributed by atoms with E-state index in [1.54, 1.807) is 31.3 Å². The highest BCUT2D eigenvalue weighted by atomic mass is 16.5. The van der Waals surface area contributed by atoms with Gasteiger partial charge >= 0.3 is 5.97 Å². The van der Waals surface area contributed by atoms with Crippen LogP contribution in [-0.2, 0) is 9.59 Å². The molecule has 0 aliphatic rings. The van der Waals surface area contributed by atoms with Gasteiger partial charge in [0.1, 0.15) is 11.8 Å². The van der Waals surface area contributed by atoms with Gasteiger partial charge in [0.25, 0.3) is 0 Å². The van der Waals surface area contributed by atoms with E-state index >= 15 is 0 Å². The van der Waals surface area contributed by atoms with Gasteiger partial charge in [-0.2, -0.15) is 0 Å². The SMILES string of the molecule is CCCCNC(=O)CN(C)[C@H](C(=O)O)c1ccc(OC(C)C)cc1. The smallest absolute Gasteiger partial charge is 0.325 e. The van der Waals surface area contributed by atoms with Gasteiger partial charge in [0.15, 0.2) is 0 Å². The molecule has 134 valence electrons. The second-order valence-corrected chi connectivity index (χ2v) is 6.10. The summed E-state index contributed by atoms with van der Waals surface area (Å²) in [5, 5.41) is 12.3. The van der Waals surface area contributed by atoms with Crippen LogP contribution in [0.4, 0.5) is 0 Å². The molecule has 0 aliphatic heterocycles. The van der Waals surface area contributed by atoms with E-state index in [1.807, 2.05) is 20.8 Å². The molecular weight excluding hydrogens is 308 g/mol. The number of carboxylic acid groups (broad SMARTS) is 1. The van der Waals surface area contributed by atoms with Crippen LogP contribution in [0.5, 0.6) is 5.75 Å². The first-order chi connectivity index (χ1) is 11.3. The molecule has 0 saturated heterocycles. The Kier molecular flexibility index (Phi) is 8.26. The molecule has 0 heterocycles. The van der Waals surface area contributed by atoms with E-state index < -0.39 is 12.0 Å². The molecule has 1 aromatic rings. The number of carboxylic acids is 1. The summed E-state index contributed by atoms with van der Waals surface area (Å²) in [5.41, 5.74) is 0.613.